The van der Waals surface area contributed by atoms with Gasteiger partial charge in [-0.15, -0.1) is 0 Å². The van der Waals surface area contributed by atoms with Crippen molar-refractivity contribution in [1.29, 1.82) is 0 Å². The largest absolute Gasteiger partial charge is 0.497 e. The number of methoxy groups -OCH3 is 1. The van der Waals surface area contributed by atoms with Crippen molar-refractivity contribution in [3.05, 3.63) is 65.7 Å². The van der Waals surface area contributed by atoms with Crippen molar-refractivity contribution in [1.82, 2.24) is 4.90 Å². The average molecular weight is 299 g/mol. The molecular weight excluding hydrogens is 278 g/mol. The third-order valence-electron chi connectivity index (χ3n) is 3.46. The highest BCUT2D eigenvalue weighted by molar-refractivity contribution is 5.66. The molecule has 0 bridgehead atoms. The lowest BCUT2D eigenvalue weighted by Gasteiger charge is -2.22. The lowest BCUT2D eigenvalue weighted by molar-refractivity contribution is -0.137. The molecule has 2 rings (SSSR count). The molecule has 0 aliphatic heterocycles. The predicted octanol–water partition coefficient (Wildman–Crippen LogP) is 3.17. The first kappa shape index (κ1) is 16.0. The van der Waals surface area contributed by atoms with E-state index in [9.17, 15) is 4.79 Å². The van der Waals surface area contributed by atoms with Crippen molar-refractivity contribution in [2.45, 2.75) is 19.5 Å². The Bertz CT molecular complexity index is 581. The van der Waals surface area contributed by atoms with E-state index in [2.05, 4.69) is 17.0 Å². The minimum atomic E-state index is -0.771. The van der Waals surface area contributed by atoms with Gasteiger partial charge in [0.05, 0.1) is 13.5 Å². The fourth-order valence-electron chi connectivity index (χ4n) is 2.30. The molecule has 4 nitrogen and oxygen atoms in total. The Morgan fingerprint density at radius 2 is 1.59 bits per heavy atom. The van der Waals surface area contributed by atoms with Gasteiger partial charge in [0.1, 0.15) is 5.75 Å². The van der Waals surface area contributed by atoms with Crippen LogP contribution in [0, 0.1) is 0 Å². The zero-order chi connectivity index (χ0) is 15.8. The van der Waals surface area contributed by atoms with E-state index >= 15 is 0 Å². The summed E-state index contributed by atoms with van der Waals surface area (Å²) < 4.78 is 5.16. The zero-order valence-corrected chi connectivity index (χ0v) is 12.7. The highest BCUT2D eigenvalue weighted by Crippen LogP contribution is 2.15. The second-order valence-electron chi connectivity index (χ2n) is 5.19. The number of nitrogens with zero attached hydrogens (tertiary/aromatic N) is 1. The highest BCUT2D eigenvalue weighted by Gasteiger charge is 2.09. The van der Waals surface area contributed by atoms with Crippen molar-refractivity contribution < 1.29 is 14.6 Å². The third-order valence-corrected chi connectivity index (χ3v) is 3.46. The summed E-state index contributed by atoms with van der Waals surface area (Å²) in [6, 6.07) is 18.0. The number of hydrogen-bond donors (Lipinski definition) is 1. The highest BCUT2D eigenvalue weighted by atomic mass is 16.5. The fourth-order valence-corrected chi connectivity index (χ4v) is 2.30. The van der Waals surface area contributed by atoms with Crippen LogP contribution in [0.5, 0.6) is 5.75 Å². The number of benzene rings is 2. The van der Waals surface area contributed by atoms with E-state index in [0.29, 0.717) is 13.1 Å². The maximum atomic E-state index is 10.8. The number of rotatable bonds is 8. The molecule has 116 valence electrons. The number of carbonyl (C=O) groups is 1. The minimum Gasteiger partial charge on any atom is -0.497 e. The summed E-state index contributed by atoms with van der Waals surface area (Å²) in [5, 5.41) is 8.92. The van der Waals surface area contributed by atoms with E-state index in [1.807, 2.05) is 42.5 Å². The number of hydrogen-bond acceptors (Lipinski definition) is 3. The van der Waals surface area contributed by atoms with Gasteiger partial charge in [0, 0.05) is 19.6 Å². The van der Waals surface area contributed by atoms with Gasteiger partial charge in [0.25, 0.3) is 0 Å². The van der Waals surface area contributed by atoms with Gasteiger partial charge >= 0.3 is 5.97 Å². The molecule has 1 N–H and O–H groups in total. The molecule has 4 heteroatoms. The summed E-state index contributed by atoms with van der Waals surface area (Å²) in [5.41, 5.74) is 2.32. The van der Waals surface area contributed by atoms with Crippen LogP contribution in [0.2, 0.25) is 0 Å². The zero-order valence-electron chi connectivity index (χ0n) is 12.7. The molecule has 0 atom stereocenters. The Morgan fingerprint density at radius 1 is 1.00 bits per heavy atom. The van der Waals surface area contributed by atoms with Crippen LogP contribution < -0.4 is 4.74 Å². The van der Waals surface area contributed by atoms with Gasteiger partial charge in [-0.2, -0.15) is 0 Å². The summed E-state index contributed by atoms with van der Waals surface area (Å²) in [4.78, 5) is 13.0. The molecule has 22 heavy (non-hydrogen) atoms. The Morgan fingerprint density at radius 3 is 2.14 bits per heavy atom. The molecule has 0 spiro atoms. The SMILES string of the molecule is COc1ccc(CN(CCC(=O)O)Cc2ccccc2)cc1. The summed E-state index contributed by atoms with van der Waals surface area (Å²) >= 11 is 0. The van der Waals surface area contributed by atoms with Crippen LogP contribution in [0.25, 0.3) is 0 Å². The van der Waals surface area contributed by atoms with Crippen molar-refractivity contribution in [3.8, 4) is 5.75 Å². The Kier molecular flexibility index (Phi) is 5.98. The van der Waals surface area contributed by atoms with Gasteiger partial charge in [-0.1, -0.05) is 42.5 Å². The summed E-state index contributed by atoms with van der Waals surface area (Å²) in [6.45, 7) is 1.97. The number of aliphatic carboxylic acids is 1. The first-order valence-electron chi connectivity index (χ1n) is 7.28. The summed E-state index contributed by atoms with van der Waals surface area (Å²) in [5.74, 6) is 0.0525. The van der Waals surface area contributed by atoms with Gasteiger partial charge < -0.3 is 9.84 Å². The number of ether oxygens (including phenoxy) is 1. The van der Waals surface area contributed by atoms with Crippen LogP contribution in [0.1, 0.15) is 17.5 Å². The smallest absolute Gasteiger partial charge is 0.304 e. The molecule has 0 aliphatic rings. The van der Waals surface area contributed by atoms with Gasteiger partial charge in [-0.05, 0) is 23.3 Å². The molecule has 0 aromatic heterocycles. The first-order valence-corrected chi connectivity index (χ1v) is 7.28. The molecule has 0 amide bonds. The van der Waals surface area contributed by atoms with Crippen molar-refractivity contribution >= 4 is 5.97 Å². The molecule has 0 fully saturated rings. The monoisotopic (exact) mass is 299 g/mol. The number of carboxylic acids is 1. The quantitative estimate of drug-likeness (QED) is 0.813. The van der Waals surface area contributed by atoms with Gasteiger partial charge in [0.2, 0.25) is 0 Å². The summed E-state index contributed by atoms with van der Waals surface area (Å²) in [6.07, 6.45) is 0.142. The second kappa shape index (κ2) is 8.20. The molecule has 0 saturated heterocycles. The third kappa shape index (κ3) is 5.22. The Balaban J connectivity index is 2.03. The van der Waals surface area contributed by atoms with Crippen LogP contribution >= 0.6 is 0 Å². The molecule has 2 aromatic carbocycles. The minimum absolute atomic E-state index is 0.142. The molecule has 0 radical (unpaired) electrons. The predicted molar refractivity (Wildman–Crippen MR) is 85.8 cm³/mol. The molecular formula is C18H21NO3. The fraction of sp³-hybridized carbons (Fsp3) is 0.278. The van der Waals surface area contributed by atoms with E-state index in [1.54, 1.807) is 7.11 Å². The lowest BCUT2D eigenvalue weighted by atomic mass is 10.1. The van der Waals surface area contributed by atoms with Crippen LogP contribution in [-0.4, -0.2) is 29.6 Å². The molecule has 0 saturated carbocycles. The lowest BCUT2D eigenvalue weighted by Crippen LogP contribution is -2.25. The van der Waals surface area contributed by atoms with Gasteiger partial charge in [-0.25, -0.2) is 0 Å². The van der Waals surface area contributed by atoms with Crippen LogP contribution in [-0.2, 0) is 17.9 Å². The van der Waals surface area contributed by atoms with Crippen LogP contribution in [0.15, 0.2) is 54.6 Å². The van der Waals surface area contributed by atoms with Gasteiger partial charge in [0.15, 0.2) is 0 Å². The molecule has 0 unspecified atom stereocenters. The van der Waals surface area contributed by atoms with Crippen molar-refractivity contribution in [2.75, 3.05) is 13.7 Å². The maximum absolute atomic E-state index is 10.8. The maximum Gasteiger partial charge on any atom is 0.304 e. The van der Waals surface area contributed by atoms with Gasteiger partial charge in [-0.3, -0.25) is 9.69 Å². The first-order chi connectivity index (χ1) is 10.7. The number of carboxylic acid groups (broad SMARTS) is 1. The van der Waals surface area contributed by atoms with Crippen molar-refractivity contribution in [2.24, 2.45) is 0 Å². The molecule has 2 aromatic rings. The average Bonchev–Trinajstić information content (AvgIpc) is 2.54. The molecule has 0 aliphatic carbocycles. The topological polar surface area (TPSA) is 49.8 Å². The van der Waals surface area contributed by atoms with E-state index in [1.165, 1.54) is 5.56 Å². The van der Waals surface area contributed by atoms with E-state index in [4.69, 9.17) is 9.84 Å². The normalized spacial score (nSPS) is 10.6. The van der Waals surface area contributed by atoms with E-state index in [-0.39, 0.29) is 6.42 Å². The Hall–Kier alpha value is -2.33. The Labute approximate surface area is 131 Å². The van der Waals surface area contributed by atoms with E-state index in [0.717, 1.165) is 17.9 Å². The second-order valence-corrected chi connectivity index (χ2v) is 5.19. The van der Waals surface area contributed by atoms with Crippen LogP contribution in [0.4, 0.5) is 0 Å². The van der Waals surface area contributed by atoms with Crippen LogP contribution in [0.3, 0.4) is 0 Å². The molecule has 0 heterocycles. The summed E-state index contributed by atoms with van der Waals surface area (Å²) in [7, 11) is 1.64. The van der Waals surface area contributed by atoms with Crippen molar-refractivity contribution in [3.63, 3.8) is 0 Å². The van der Waals surface area contributed by atoms with E-state index < -0.39 is 5.97 Å². The standard InChI is InChI=1S/C18H21NO3/c1-22-17-9-7-16(8-10-17)14-19(12-11-18(20)21)13-15-5-3-2-4-6-15/h2-10H,11-14H2,1H3,(H,20,21).